The number of halogens is 1. The first kappa shape index (κ1) is 14.7. The summed E-state index contributed by atoms with van der Waals surface area (Å²) in [6.07, 6.45) is -0.558. The molecule has 20 heavy (non-hydrogen) atoms. The molecule has 0 aliphatic rings. The number of aliphatic hydroxyl groups is 1. The summed E-state index contributed by atoms with van der Waals surface area (Å²) in [6, 6.07) is 6.25. The lowest BCUT2D eigenvalue weighted by Gasteiger charge is -2.20. The molecule has 5 heteroatoms. The monoisotopic (exact) mass is 278 g/mol. The van der Waals surface area contributed by atoms with Gasteiger partial charge in [0.1, 0.15) is 5.82 Å². The molecule has 0 saturated heterocycles. The molecule has 0 aliphatic carbocycles. The molecule has 0 bridgehead atoms. The van der Waals surface area contributed by atoms with Crippen molar-refractivity contribution in [1.82, 2.24) is 10.1 Å². The van der Waals surface area contributed by atoms with Gasteiger partial charge < -0.3 is 9.63 Å². The van der Waals surface area contributed by atoms with E-state index in [1.807, 2.05) is 20.8 Å². The largest absolute Gasteiger partial charge is 0.393 e. The van der Waals surface area contributed by atoms with Gasteiger partial charge in [-0.3, -0.25) is 0 Å². The van der Waals surface area contributed by atoms with E-state index in [0.717, 1.165) is 5.56 Å². The van der Waals surface area contributed by atoms with Crippen molar-refractivity contribution in [1.29, 1.82) is 0 Å². The second-order valence-electron chi connectivity index (χ2n) is 5.62. The topological polar surface area (TPSA) is 59.2 Å². The Morgan fingerprint density at radius 3 is 2.35 bits per heavy atom. The fourth-order valence-electron chi connectivity index (χ4n) is 1.88. The molecule has 0 saturated carbocycles. The van der Waals surface area contributed by atoms with Crippen molar-refractivity contribution in [2.24, 2.45) is 0 Å². The predicted molar refractivity (Wildman–Crippen MR) is 72.9 cm³/mol. The van der Waals surface area contributed by atoms with E-state index in [0.29, 0.717) is 11.7 Å². The molecule has 2 unspecified atom stereocenters. The highest BCUT2D eigenvalue weighted by atomic mass is 19.1. The Morgan fingerprint density at radius 1 is 1.20 bits per heavy atom. The van der Waals surface area contributed by atoms with Gasteiger partial charge in [-0.15, -0.1) is 0 Å². The number of hydrogen-bond acceptors (Lipinski definition) is 4. The minimum atomic E-state index is -0.558. The van der Waals surface area contributed by atoms with Crippen LogP contribution in [0.15, 0.2) is 28.8 Å². The van der Waals surface area contributed by atoms with E-state index in [1.165, 1.54) is 12.1 Å². The zero-order valence-electron chi connectivity index (χ0n) is 12.1. The van der Waals surface area contributed by atoms with Crippen LogP contribution >= 0.6 is 0 Å². The van der Waals surface area contributed by atoms with Gasteiger partial charge in [0, 0.05) is 0 Å². The molecule has 0 spiro atoms. The molecule has 1 N–H and O–H groups in total. The maximum Gasteiger partial charge on any atom is 0.232 e. The highest BCUT2D eigenvalue weighted by molar-refractivity contribution is 5.30. The number of rotatable bonds is 4. The van der Waals surface area contributed by atoms with Crippen molar-refractivity contribution in [3.63, 3.8) is 0 Å². The van der Waals surface area contributed by atoms with Crippen molar-refractivity contribution < 1.29 is 14.0 Å². The van der Waals surface area contributed by atoms with Crippen LogP contribution in [0.25, 0.3) is 0 Å². The van der Waals surface area contributed by atoms with Gasteiger partial charge in [0.05, 0.1) is 17.4 Å². The van der Waals surface area contributed by atoms with Crippen LogP contribution in [0, 0.1) is 5.82 Å². The Balaban J connectivity index is 2.32. The normalized spacial score (nSPS) is 15.1. The molecular formula is C15H19FN2O2. The third kappa shape index (κ3) is 2.72. The first-order valence-electron chi connectivity index (χ1n) is 6.60. The molecule has 0 aliphatic heterocycles. The molecule has 1 heterocycles. The fourth-order valence-corrected chi connectivity index (χ4v) is 1.88. The Morgan fingerprint density at radius 2 is 1.80 bits per heavy atom. The minimum absolute atomic E-state index is 0.222. The van der Waals surface area contributed by atoms with Crippen LogP contribution in [0.2, 0.25) is 0 Å². The molecule has 2 atom stereocenters. The minimum Gasteiger partial charge on any atom is -0.393 e. The van der Waals surface area contributed by atoms with E-state index in [1.54, 1.807) is 19.1 Å². The van der Waals surface area contributed by atoms with Crippen molar-refractivity contribution in [3.05, 3.63) is 47.4 Å². The van der Waals surface area contributed by atoms with Gasteiger partial charge in [0.25, 0.3) is 0 Å². The lowest BCUT2D eigenvalue weighted by atomic mass is 9.84. The van der Waals surface area contributed by atoms with Gasteiger partial charge >= 0.3 is 0 Å². The number of benzene rings is 1. The maximum absolute atomic E-state index is 13.0. The molecule has 2 rings (SSSR count). The van der Waals surface area contributed by atoms with Crippen LogP contribution in [-0.2, 0) is 5.41 Å². The van der Waals surface area contributed by atoms with E-state index >= 15 is 0 Å². The number of aromatic nitrogens is 2. The van der Waals surface area contributed by atoms with E-state index in [4.69, 9.17) is 4.52 Å². The summed E-state index contributed by atoms with van der Waals surface area (Å²) in [6.45, 7) is 7.40. The third-order valence-corrected chi connectivity index (χ3v) is 3.68. The Kier molecular flexibility index (Phi) is 3.90. The smallest absolute Gasteiger partial charge is 0.232 e. The molecule has 4 nitrogen and oxygen atoms in total. The van der Waals surface area contributed by atoms with Gasteiger partial charge in [0.15, 0.2) is 5.82 Å². The average molecular weight is 278 g/mol. The third-order valence-electron chi connectivity index (χ3n) is 3.68. The van der Waals surface area contributed by atoms with Crippen LogP contribution in [-0.4, -0.2) is 21.4 Å². The predicted octanol–water partition coefficient (Wildman–Crippen LogP) is 3.02. The molecule has 0 amide bonds. The van der Waals surface area contributed by atoms with E-state index in [9.17, 15) is 9.50 Å². The molecule has 0 radical (unpaired) electrons. The highest BCUT2D eigenvalue weighted by Crippen LogP contribution is 2.30. The Bertz CT molecular complexity index is 576. The number of hydrogen-bond donors (Lipinski definition) is 1. The number of nitrogens with zero attached hydrogens (tertiary/aromatic N) is 2. The molecule has 108 valence electrons. The van der Waals surface area contributed by atoms with E-state index in [-0.39, 0.29) is 11.7 Å². The maximum atomic E-state index is 13.0. The van der Waals surface area contributed by atoms with Gasteiger partial charge in [-0.2, -0.15) is 4.98 Å². The summed E-state index contributed by atoms with van der Waals surface area (Å²) in [7, 11) is 0. The lowest BCUT2D eigenvalue weighted by Crippen LogP contribution is -2.21. The summed E-state index contributed by atoms with van der Waals surface area (Å²) in [5, 5.41) is 13.6. The summed E-state index contributed by atoms with van der Waals surface area (Å²) < 4.78 is 18.2. The fraction of sp³-hybridized carbons (Fsp3) is 0.467. The SMILES string of the molecule is CC(O)C(C)c1nc(C(C)(C)c2ccc(F)cc2)no1. The molecule has 0 fully saturated rings. The molecule has 1 aromatic carbocycles. The van der Waals surface area contributed by atoms with Crippen LogP contribution in [0.1, 0.15) is 50.9 Å². The highest BCUT2D eigenvalue weighted by Gasteiger charge is 2.30. The van der Waals surface area contributed by atoms with Gasteiger partial charge in [-0.05, 0) is 38.5 Å². The van der Waals surface area contributed by atoms with Gasteiger partial charge in [-0.1, -0.05) is 24.2 Å². The summed E-state index contributed by atoms with van der Waals surface area (Å²) >= 11 is 0. The molecular weight excluding hydrogens is 259 g/mol. The van der Waals surface area contributed by atoms with Gasteiger partial charge in [-0.25, -0.2) is 4.39 Å². The van der Waals surface area contributed by atoms with Crippen LogP contribution < -0.4 is 0 Å². The molecule has 2 aromatic rings. The Labute approximate surface area is 117 Å². The molecule has 1 aromatic heterocycles. The zero-order valence-corrected chi connectivity index (χ0v) is 12.1. The first-order valence-corrected chi connectivity index (χ1v) is 6.60. The van der Waals surface area contributed by atoms with Crippen molar-refractivity contribution in [3.8, 4) is 0 Å². The zero-order chi connectivity index (χ0) is 14.9. The van der Waals surface area contributed by atoms with Crippen LogP contribution in [0.4, 0.5) is 4.39 Å². The lowest BCUT2D eigenvalue weighted by molar-refractivity contribution is 0.151. The van der Waals surface area contributed by atoms with Crippen LogP contribution in [0.3, 0.4) is 0 Å². The Hall–Kier alpha value is -1.75. The summed E-state index contributed by atoms with van der Waals surface area (Å²) in [5.41, 5.74) is 0.407. The number of aliphatic hydroxyl groups excluding tert-OH is 1. The van der Waals surface area contributed by atoms with Crippen LogP contribution in [0.5, 0.6) is 0 Å². The second kappa shape index (κ2) is 5.32. The van der Waals surface area contributed by atoms with E-state index < -0.39 is 11.5 Å². The van der Waals surface area contributed by atoms with Crippen molar-refractivity contribution >= 4 is 0 Å². The van der Waals surface area contributed by atoms with E-state index in [2.05, 4.69) is 10.1 Å². The van der Waals surface area contributed by atoms with Gasteiger partial charge in [0.2, 0.25) is 5.89 Å². The second-order valence-corrected chi connectivity index (χ2v) is 5.62. The quantitative estimate of drug-likeness (QED) is 0.934. The summed E-state index contributed by atoms with van der Waals surface area (Å²) in [5.74, 6) is 0.429. The average Bonchev–Trinajstić information content (AvgIpc) is 2.88. The van der Waals surface area contributed by atoms with Crippen molar-refractivity contribution in [2.45, 2.75) is 45.1 Å². The standard InChI is InChI=1S/C15H19FN2O2/c1-9(10(2)19)13-17-14(18-20-13)15(3,4)11-5-7-12(16)8-6-11/h5-10,19H,1-4H3. The van der Waals surface area contributed by atoms with Crippen molar-refractivity contribution in [2.75, 3.05) is 0 Å². The summed E-state index contributed by atoms with van der Waals surface area (Å²) in [4.78, 5) is 4.37. The first-order chi connectivity index (χ1) is 9.32.